The van der Waals surface area contributed by atoms with Gasteiger partial charge in [-0.05, 0) is 25.8 Å². The van der Waals surface area contributed by atoms with Gasteiger partial charge in [-0.25, -0.2) is 4.79 Å². The van der Waals surface area contributed by atoms with Crippen LogP contribution in [0.5, 0.6) is 0 Å². The minimum atomic E-state index is -0.327. The van der Waals surface area contributed by atoms with Crippen molar-refractivity contribution in [1.82, 2.24) is 0 Å². The van der Waals surface area contributed by atoms with Gasteiger partial charge < -0.3 is 10.5 Å². The van der Waals surface area contributed by atoms with Crippen LogP contribution in [0.3, 0.4) is 0 Å². The van der Waals surface area contributed by atoms with Crippen LogP contribution in [0.15, 0.2) is 41.5 Å². The molecule has 1 rings (SSSR count). The number of benzene rings is 1. The van der Waals surface area contributed by atoms with Gasteiger partial charge in [-0.3, -0.25) is 0 Å². The molecule has 1 atom stereocenters. The van der Waals surface area contributed by atoms with E-state index in [-0.39, 0.29) is 18.0 Å². The average molecular weight is 282 g/mol. The Kier molecular flexibility index (Phi) is 6.60. The normalized spacial score (nSPS) is 11.8. The fourth-order valence-corrected chi connectivity index (χ4v) is 1.99. The molecule has 0 heterocycles. The molecule has 104 valence electrons. The maximum absolute atomic E-state index is 11.9. The first-order valence-corrected chi connectivity index (χ1v) is 6.72. The zero-order valence-electron chi connectivity index (χ0n) is 11.4. The summed E-state index contributed by atoms with van der Waals surface area (Å²) in [4.78, 5) is 11.9. The van der Waals surface area contributed by atoms with Gasteiger partial charge in [0, 0.05) is 12.1 Å². The summed E-state index contributed by atoms with van der Waals surface area (Å²) in [7, 11) is 0. The van der Waals surface area contributed by atoms with Crippen molar-refractivity contribution in [2.45, 2.75) is 25.6 Å². The maximum atomic E-state index is 11.9. The van der Waals surface area contributed by atoms with E-state index in [9.17, 15) is 4.79 Å². The highest BCUT2D eigenvalue weighted by atomic mass is 35.5. The summed E-state index contributed by atoms with van der Waals surface area (Å²) < 4.78 is 5.07. The number of alkyl halides is 1. The van der Waals surface area contributed by atoms with E-state index < -0.39 is 0 Å². The number of nitrogens with two attached hydrogens (primary N) is 1. The number of rotatable bonds is 6. The Morgan fingerprint density at radius 3 is 2.47 bits per heavy atom. The van der Waals surface area contributed by atoms with Gasteiger partial charge >= 0.3 is 5.97 Å². The fourth-order valence-electron chi connectivity index (χ4n) is 1.69. The van der Waals surface area contributed by atoms with E-state index in [1.807, 2.05) is 44.2 Å². The first-order valence-electron chi connectivity index (χ1n) is 6.28. The topological polar surface area (TPSA) is 52.3 Å². The van der Waals surface area contributed by atoms with Gasteiger partial charge in [0.1, 0.15) is 6.61 Å². The Morgan fingerprint density at radius 2 is 1.95 bits per heavy atom. The standard InChI is InChI=1S/C15H20ClNO2/c1-11(2)13(15(18)19-9-8-17)10-14(16)12-6-4-3-5-7-12/h3-7,14H,8-10,17H2,1-2H3. The Hall–Kier alpha value is -1.32. The van der Waals surface area contributed by atoms with E-state index in [4.69, 9.17) is 22.1 Å². The third-order valence-corrected chi connectivity index (χ3v) is 3.15. The predicted octanol–water partition coefficient (Wildman–Crippen LogP) is 3.19. The number of halogens is 1. The molecule has 0 aliphatic carbocycles. The Morgan fingerprint density at radius 1 is 1.32 bits per heavy atom. The van der Waals surface area contributed by atoms with Gasteiger partial charge in [-0.15, -0.1) is 11.6 Å². The van der Waals surface area contributed by atoms with E-state index in [1.165, 1.54) is 0 Å². The number of carbonyl (C=O) groups excluding carboxylic acids is 1. The Labute approximate surface area is 119 Å². The molecule has 1 aromatic carbocycles. The first-order chi connectivity index (χ1) is 9.06. The zero-order chi connectivity index (χ0) is 14.3. The quantitative estimate of drug-likeness (QED) is 0.495. The van der Waals surface area contributed by atoms with Crippen LogP contribution in [-0.2, 0) is 9.53 Å². The largest absolute Gasteiger partial charge is 0.461 e. The Balaban J connectivity index is 2.75. The minimum Gasteiger partial charge on any atom is -0.461 e. The summed E-state index contributed by atoms with van der Waals surface area (Å²) in [6.45, 7) is 4.32. The molecule has 0 saturated carbocycles. The van der Waals surface area contributed by atoms with Crippen LogP contribution in [0.4, 0.5) is 0 Å². The molecule has 1 aromatic rings. The van der Waals surface area contributed by atoms with Crippen molar-refractivity contribution >= 4 is 17.6 Å². The van der Waals surface area contributed by atoms with Crippen LogP contribution in [0.25, 0.3) is 0 Å². The molecule has 3 nitrogen and oxygen atoms in total. The lowest BCUT2D eigenvalue weighted by molar-refractivity contribution is -0.139. The summed E-state index contributed by atoms with van der Waals surface area (Å²) in [5.74, 6) is -0.327. The minimum absolute atomic E-state index is 0.230. The molecule has 0 aliphatic rings. The third kappa shape index (κ3) is 5.05. The molecule has 0 aromatic heterocycles. The number of hydrogen-bond donors (Lipinski definition) is 1. The van der Waals surface area contributed by atoms with Gasteiger partial charge in [0.25, 0.3) is 0 Å². The predicted molar refractivity (Wildman–Crippen MR) is 78.0 cm³/mol. The summed E-state index contributed by atoms with van der Waals surface area (Å²) in [5.41, 5.74) is 7.86. The molecule has 4 heteroatoms. The lowest BCUT2D eigenvalue weighted by atomic mass is 10.0. The van der Waals surface area contributed by atoms with E-state index in [0.717, 1.165) is 11.1 Å². The molecule has 0 bridgehead atoms. The van der Waals surface area contributed by atoms with Crippen LogP contribution in [0.2, 0.25) is 0 Å². The molecule has 0 fully saturated rings. The number of hydrogen-bond acceptors (Lipinski definition) is 3. The van der Waals surface area contributed by atoms with E-state index in [0.29, 0.717) is 18.5 Å². The van der Waals surface area contributed by atoms with E-state index in [2.05, 4.69) is 0 Å². The third-order valence-electron chi connectivity index (χ3n) is 2.75. The fraction of sp³-hybridized carbons (Fsp3) is 0.400. The smallest absolute Gasteiger partial charge is 0.334 e. The molecule has 0 spiro atoms. The van der Waals surface area contributed by atoms with E-state index >= 15 is 0 Å². The molecule has 0 aliphatic heterocycles. The van der Waals surface area contributed by atoms with Crippen molar-refractivity contribution in [3.63, 3.8) is 0 Å². The highest BCUT2D eigenvalue weighted by Gasteiger charge is 2.18. The van der Waals surface area contributed by atoms with Crippen molar-refractivity contribution in [2.24, 2.45) is 5.73 Å². The SMILES string of the molecule is CC(C)=C(CC(Cl)c1ccccc1)C(=O)OCCN. The second-order valence-corrected chi connectivity index (χ2v) is 5.01. The highest BCUT2D eigenvalue weighted by Crippen LogP contribution is 2.29. The first kappa shape index (κ1) is 15.7. The summed E-state index contributed by atoms with van der Waals surface area (Å²) in [5, 5.41) is -0.239. The molecule has 19 heavy (non-hydrogen) atoms. The highest BCUT2D eigenvalue weighted by molar-refractivity contribution is 6.21. The van der Waals surface area contributed by atoms with Crippen LogP contribution < -0.4 is 5.73 Å². The van der Waals surface area contributed by atoms with Gasteiger partial charge in [0.15, 0.2) is 0 Å². The van der Waals surface area contributed by atoms with Crippen LogP contribution >= 0.6 is 11.6 Å². The van der Waals surface area contributed by atoms with Crippen molar-refractivity contribution in [2.75, 3.05) is 13.2 Å². The molecule has 2 N–H and O–H groups in total. The second-order valence-electron chi connectivity index (χ2n) is 4.49. The Bertz CT molecular complexity index is 439. The number of ether oxygens (including phenoxy) is 1. The molecular formula is C15H20ClNO2. The molecule has 0 saturated heterocycles. The zero-order valence-corrected chi connectivity index (χ0v) is 12.1. The lowest BCUT2D eigenvalue weighted by Gasteiger charge is -2.14. The molecule has 0 amide bonds. The van der Waals surface area contributed by atoms with Crippen LogP contribution in [-0.4, -0.2) is 19.1 Å². The summed E-state index contributed by atoms with van der Waals surface area (Å²) in [6.07, 6.45) is 0.456. The van der Waals surface area contributed by atoms with Crippen molar-refractivity contribution in [3.8, 4) is 0 Å². The lowest BCUT2D eigenvalue weighted by Crippen LogP contribution is -2.16. The van der Waals surface area contributed by atoms with Crippen molar-refractivity contribution in [1.29, 1.82) is 0 Å². The number of carbonyl (C=O) groups is 1. The second kappa shape index (κ2) is 7.97. The van der Waals surface area contributed by atoms with E-state index in [1.54, 1.807) is 0 Å². The van der Waals surface area contributed by atoms with Gasteiger partial charge in [-0.1, -0.05) is 35.9 Å². The van der Waals surface area contributed by atoms with Crippen molar-refractivity contribution in [3.05, 3.63) is 47.0 Å². The van der Waals surface area contributed by atoms with Crippen LogP contribution in [0.1, 0.15) is 31.2 Å². The van der Waals surface area contributed by atoms with Gasteiger partial charge in [0.05, 0.1) is 5.38 Å². The molecule has 1 unspecified atom stereocenters. The molecular weight excluding hydrogens is 262 g/mol. The van der Waals surface area contributed by atoms with Gasteiger partial charge in [0.2, 0.25) is 0 Å². The number of allylic oxidation sites excluding steroid dienone is 1. The number of esters is 1. The summed E-state index contributed by atoms with van der Waals surface area (Å²) in [6, 6.07) is 9.70. The average Bonchev–Trinajstić information content (AvgIpc) is 2.42. The monoisotopic (exact) mass is 281 g/mol. The van der Waals surface area contributed by atoms with Gasteiger partial charge in [-0.2, -0.15) is 0 Å². The maximum Gasteiger partial charge on any atom is 0.334 e. The van der Waals surface area contributed by atoms with Crippen molar-refractivity contribution < 1.29 is 9.53 Å². The van der Waals surface area contributed by atoms with Crippen LogP contribution in [0, 0.1) is 0 Å². The molecule has 0 radical (unpaired) electrons. The summed E-state index contributed by atoms with van der Waals surface area (Å²) >= 11 is 6.36.